The molecule has 0 unspecified atom stereocenters. The van der Waals surface area contributed by atoms with Crippen LogP contribution in [-0.2, 0) is 11.2 Å². The zero-order valence-electron chi connectivity index (χ0n) is 12.8. The van der Waals surface area contributed by atoms with E-state index in [0.29, 0.717) is 23.0 Å². The fourth-order valence-corrected chi connectivity index (χ4v) is 3.22. The number of halogens is 2. The van der Waals surface area contributed by atoms with Crippen molar-refractivity contribution in [1.82, 2.24) is 9.80 Å². The number of nitrogens with zero attached hydrogens (tertiary/aromatic N) is 2. The summed E-state index contributed by atoms with van der Waals surface area (Å²) in [6.45, 7) is 2.66. The molecule has 1 N–H and O–H groups in total. The molecule has 1 aliphatic heterocycles. The van der Waals surface area contributed by atoms with Crippen LogP contribution in [0.15, 0.2) is 18.2 Å². The second-order valence-electron chi connectivity index (χ2n) is 5.83. The molecule has 122 valence electrons. The van der Waals surface area contributed by atoms with Crippen molar-refractivity contribution in [3.63, 3.8) is 0 Å². The van der Waals surface area contributed by atoms with Crippen LogP contribution in [0.2, 0.25) is 5.02 Å². The van der Waals surface area contributed by atoms with Gasteiger partial charge in [-0.25, -0.2) is 4.39 Å². The summed E-state index contributed by atoms with van der Waals surface area (Å²) in [5, 5.41) is 9.31. The number of hydrogen-bond donors (Lipinski definition) is 1. The highest BCUT2D eigenvalue weighted by atomic mass is 35.5. The van der Waals surface area contributed by atoms with Crippen molar-refractivity contribution >= 4 is 17.6 Å². The monoisotopic (exact) mass is 328 g/mol. The minimum Gasteiger partial charge on any atom is -0.480 e. The van der Waals surface area contributed by atoms with Gasteiger partial charge in [-0.1, -0.05) is 17.7 Å². The van der Waals surface area contributed by atoms with E-state index < -0.39 is 5.97 Å². The first kappa shape index (κ1) is 17.2. The molecule has 0 spiro atoms. The molecule has 0 radical (unpaired) electrons. The van der Waals surface area contributed by atoms with Crippen LogP contribution in [-0.4, -0.2) is 60.1 Å². The number of likely N-dealkylation sites (tertiary alicyclic amines) is 1. The Hall–Kier alpha value is -1.17. The molecule has 22 heavy (non-hydrogen) atoms. The van der Waals surface area contributed by atoms with Crippen molar-refractivity contribution in [3.05, 3.63) is 34.6 Å². The van der Waals surface area contributed by atoms with Crippen LogP contribution >= 0.6 is 11.6 Å². The summed E-state index contributed by atoms with van der Waals surface area (Å²) in [4.78, 5) is 14.9. The summed E-state index contributed by atoms with van der Waals surface area (Å²) >= 11 is 6.04. The summed E-state index contributed by atoms with van der Waals surface area (Å²) in [7, 11) is 1.85. The Balaban J connectivity index is 1.79. The van der Waals surface area contributed by atoms with Crippen LogP contribution in [0.3, 0.4) is 0 Å². The lowest BCUT2D eigenvalue weighted by atomic mass is 10.0. The predicted octanol–water partition coefficient (Wildman–Crippen LogP) is 2.50. The number of aliphatic carboxylic acids is 1. The number of hydrogen-bond acceptors (Lipinski definition) is 3. The maximum absolute atomic E-state index is 13.7. The molecule has 1 heterocycles. The highest BCUT2D eigenvalue weighted by molar-refractivity contribution is 6.31. The standard InChI is InChI=1S/C16H22ClFN2O2/c1-19(11-16(21)22)12-5-8-20(9-6-12)10-7-13-14(17)3-2-4-15(13)18/h2-4,12H,5-11H2,1H3,(H,21,22). The van der Waals surface area contributed by atoms with Crippen molar-refractivity contribution < 1.29 is 14.3 Å². The van der Waals surface area contributed by atoms with Crippen LogP contribution in [0.25, 0.3) is 0 Å². The number of carboxylic acid groups (broad SMARTS) is 1. The number of piperidine rings is 1. The van der Waals surface area contributed by atoms with E-state index in [1.807, 2.05) is 11.9 Å². The zero-order valence-corrected chi connectivity index (χ0v) is 13.5. The Kier molecular flexibility index (Phi) is 6.17. The van der Waals surface area contributed by atoms with Gasteiger partial charge in [-0.05, 0) is 51.5 Å². The van der Waals surface area contributed by atoms with E-state index in [0.717, 1.165) is 32.5 Å². The average molecular weight is 329 g/mol. The average Bonchev–Trinajstić information content (AvgIpc) is 2.46. The molecule has 2 rings (SSSR count). The van der Waals surface area contributed by atoms with Crippen LogP contribution < -0.4 is 0 Å². The maximum atomic E-state index is 13.7. The van der Waals surface area contributed by atoms with E-state index in [1.165, 1.54) is 6.07 Å². The van der Waals surface area contributed by atoms with E-state index in [2.05, 4.69) is 4.90 Å². The molecule has 0 bridgehead atoms. The Morgan fingerprint density at radius 2 is 2.14 bits per heavy atom. The van der Waals surface area contributed by atoms with Crippen molar-refractivity contribution in [1.29, 1.82) is 0 Å². The Labute approximate surface area is 135 Å². The molecule has 0 saturated carbocycles. The summed E-state index contributed by atoms with van der Waals surface area (Å²) in [5.74, 6) is -1.04. The largest absolute Gasteiger partial charge is 0.480 e. The molecule has 1 aromatic rings. The SMILES string of the molecule is CN(CC(=O)O)C1CCN(CCc2c(F)cccc2Cl)CC1. The summed E-state index contributed by atoms with van der Waals surface area (Å²) in [6.07, 6.45) is 2.48. The lowest BCUT2D eigenvalue weighted by molar-refractivity contribution is -0.138. The molecule has 0 aliphatic carbocycles. The molecular formula is C16H22ClFN2O2. The predicted molar refractivity (Wildman–Crippen MR) is 84.8 cm³/mol. The van der Waals surface area contributed by atoms with Gasteiger partial charge in [0, 0.05) is 23.2 Å². The molecule has 4 nitrogen and oxygen atoms in total. The molecule has 1 saturated heterocycles. The highest BCUT2D eigenvalue weighted by Gasteiger charge is 2.23. The van der Waals surface area contributed by atoms with Gasteiger partial charge in [-0.3, -0.25) is 9.69 Å². The van der Waals surface area contributed by atoms with Crippen LogP contribution in [0, 0.1) is 5.82 Å². The van der Waals surface area contributed by atoms with E-state index in [4.69, 9.17) is 16.7 Å². The van der Waals surface area contributed by atoms with Crippen molar-refractivity contribution in [2.24, 2.45) is 0 Å². The van der Waals surface area contributed by atoms with Crippen molar-refractivity contribution in [3.8, 4) is 0 Å². The topological polar surface area (TPSA) is 43.8 Å². The molecule has 1 aliphatic rings. The minimum atomic E-state index is -0.792. The molecule has 6 heteroatoms. The number of carbonyl (C=O) groups is 1. The van der Waals surface area contributed by atoms with Crippen LogP contribution in [0.4, 0.5) is 4.39 Å². The second kappa shape index (κ2) is 7.90. The van der Waals surface area contributed by atoms with E-state index in [-0.39, 0.29) is 12.4 Å². The smallest absolute Gasteiger partial charge is 0.317 e. The van der Waals surface area contributed by atoms with E-state index in [1.54, 1.807) is 12.1 Å². The van der Waals surface area contributed by atoms with E-state index in [9.17, 15) is 9.18 Å². The third kappa shape index (κ3) is 4.66. The van der Waals surface area contributed by atoms with Gasteiger partial charge in [0.1, 0.15) is 5.82 Å². The van der Waals surface area contributed by atoms with Gasteiger partial charge in [0.2, 0.25) is 0 Å². The Morgan fingerprint density at radius 1 is 1.45 bits per heavy atom. The fourth-order valence-electron chi connectivity index (χ4n) is 2.97. The molecule has 0 atom stereocenters. The third-order valence-electron chi connectivity index (χ3n) is 4.30. The lowest BCUT2D eigenvalue weighted by Crippen LogP contribution is -2.45. The van der Waals surface area contributed by atoms with Gasteiger partial charge in [-0.2, -0.15) is 0 Å². The molecule has 1 aromatic carbocycles. The van der Waals surface area contributed by atoms with Gasteiger partial charge in [0.05, 0.1) is 6.54 Å². The first-order chi connectivity index (χ1) is 10.5. The van der Waals surface area contributed by atoms with Crippen molar-refractivity contribution in [2.75, 3.05) is 33.2 Å². The maximum Gasteiger partial charge on any atom is 0.317 e. The Morgan fingerprint density at radius 3 is 2.73 bits per heavy atom. The van der Waals surface area contributed by atoms with Gasteiger partial charge in [-0.15, -0.1) is 0 Å². The Bertz CT molecular complexity index is 499. The summed E-state index contributed by atoms with van der Waals surface area (Å²) in [5.41, 5.74) is 0.578. The molecular weight excluding hydrogens is 307 g/mol. The first-order valence-corrected chi connectivity index (χ1v) is 7.92. The first-order valence-electron chi connectivity index (χ1n) is 7.54. The molecule has 0 amide bonds. The fraction of sp³-hybridized carbons (Fsp3) is 0.562. The minimum absolute atomic E-state index is 0.0789. The highest BCUT2D eigenvalue weighted by Crippen LogP contribution is 2.21. The van der Waals surface area contributed by atoms with Gasteiger partial charge < -0.3 is 10.0 Å². The van der Waals surface area contributed by atoms with Crippen LogP contribution in [0.5, 0.6) is 0 Å². The number of likely N-dealkylation sites (N-methyl/N-ethyl adjacent to an activating group) is 1. The quantitative estimate of drug-likeness (QED) is 0.871. The molecule has 0 aromatic heterocycles. The van der Waals surface area contributed by atoms with E-state index >= 15 is 0 Å². The normalized spacial score (nSPS) is 17.1. The molecule has 1 fully saturated rings. The number of rotatable bonds is 6. The summed E-state index contributed by atoms with van der Waals surface area (Å²) < 4.78 is 13.7. The number of benzene rings is 1. The third-order valence-corrected chi connectivity index (χ3v) is 4.66. The van der Waals surface area contributed by atoms with Gasteiger partial charge in [0.15, 0.2) is 0 Å². The summed E-state index contributed by atoms with van der Waals surface area (Å²) in [6, 6.07) is 5.08. The second-order valence-corrected chi connectivity index (χ2v) is 6.24. The zero-order chi connectivity index (χ0) is 16.1. The van der Waals surface area contributed by atoms with Crippen molar-refractivity contribution in [2.45, 2.75) is 25.3 Å². The van der Waals surface area contributed by atoms with Crippen LogP contribution in [0.1, 0.15) is 18.4 Å². The lowest BCUT2D eigenvalue weighted by Gasteiger charge is -2.36. The van der Waals surface area contributed by atoms with Gasteiger partial charge >= 0.3 is 5.97 Å². The number of carboxylic acids is 1. The van der Waals surface area contributed by atoms with Gasteiger partial charge in [0.25, 0.3) is 0 Å².